The Bertz CT molecular complexity index is 835. The second-order valence-electron chi connectivity index (χ2n) is 5.59. The Hall–Kier alpha value is -3.44. The van der Waals surface area contributed by atoms with Gasteiger partial charge < -0.3 is 18.9 Å². The van der Waals surface area contributed by atoms with Gasteiger partial charge in [-0.25, -0.2) is 4.98 Å². The number of hydrogen-bond donors (Lipinski definition) is 0. The number of nitrogens with zero attached hydrogens (tertiary/aromatic N) is 4. The summed E-state index contributed by atoms with van der Waals surface area (Å²) in [5.74, 6) is -2.06. The van der Waals surface area contributed by atoms with Crippen LogP contribution in [0.4, 0.5) is 0 Å². The van der Waals surface area contributed by atoms with Crippen LogP contribution < -0.4 is 0 Å². The average molecular weight is 376 g/mol. The molecule has 0 bridgehead atoms. The van der Waals surface area contributed by atoms with Gasteiger partial charge in [0.15, 0.2) is 35.9 Å². The lowest BCUT2D eigenvalue weighted by Crippen LogP contribution is -2.55. The molecule has 1 fully saturated rings. The van der Waals surface area contributed by atoms with E-state index in [0.29, 0.717) is 0 Å². The number of hydrogen-bond acceptors (Lipinski definition) is 10. The third-order valence-corrected chi connectivity index (χ3v) is 3.60. The number of aromatic nitrogens is 2. The van der Waals surface area contributed by atoms with Crippen molar-refractivity contribution in [3.8, 4) is 12.1 Å². The summed E-state index contributed by atoms with van der Waals surface area (Å²) in [6.45, 7) is 3.24. The van der Waals surface area contributed by atoms with Crippen LogP contribution in [0.1, 0.15) is 38.4 Å². The van der Waals surface area contributed by atoms with Crippen molar-refractivity contribution in [1.82, 2.24) is 9.55 Å². The molecule has 1 aliphatic rings. The van der Waals surface area contributed by atoms with Crippen LogP contribution in [-0.4, -0.2) is 52.4 Å². The fourth-order valence-corrected chi connectivity index (χ4v) is 2.71. The van der Waals surface area contributed by atoms with Gasteiger partial charge in [-0.15, -0.1) is 0 Å². The zero-order chi connectivity index (χ0) is 20.1. The molecule has 2 heterocycles. The zero-order valence-electron chi connectivity index (χ0n) is 14.7. The predicted octanol–water partition coefficient (Wildman–Crippen LogP) is -0.0496. The minimum absolute atomic E-state index is 0.118. The fourth-order valence-electron chi connectivity index (χ4n) is 2.71. The molecule has 11 nitrogen and oxygen atoms in total. The zero-order valence-corrected chi connectivity index (χ0v) is 14.7. The summed E-state index contributed by atoms with van der Waals surface area (Å²) >= 11 is 0. The van der Waals surface area contributed by atoms with E-state index < -0.39 is 42.4 Å². The van der Waals surface area contributed by atoms with Crippen LogP contribution >= 0.6 is 0 Å². The summed E-state index contributed by atoms with van der Waals surface area (Å²) in [6, 6.07) is 3.60. The molecule has 1 saturated heterocycles. The number of esters is 3. The molecule has 1 aliphatic heterocycles. The molecule has 0 amide bonds. The molecule has 0 spiro atoms. The minimum Gasteiger partial charge on any atom is -0.456 e. The lowest BCUT2D eigenvalue weighted by molar-refractivity contribution is -0.239. The van der Waals surface area contributed by atoms with Crippen molar-refractivity contribution >= 4 is 17.9 Å². The van der Waals surface area contributed by atoms with Gasteiger partial charge in [0.25, 0.3) is 0 Å². The third-order valence-electron chi connectivity index (χ3n) is 3.60. The summed E-state index contributed by atoms with van der Waals surface area (Å²) in [6.07, 6.45) is -3.42. The monoisotopic (exact) mass is 376 g/mol. The largest absolute Gasteiger partial charge is 0.456 e. The highest BCUT2D eigenvalue weighted by atomic mass is 16.6. The van der Waals surface area contributed by atoms with Crippen LogP contribution in [0.2, 0.25) is 0 Å². The first-order valence-corrected chi connectivity index (χ1v) is 7.78. The Balaban J connectivity index is 2.48. The average Bonchev–Trinajstić information content (AvgIpc) is 2.99. The first kappa shape index (κ1) is 19.9. The first-order chi connectivity index (χ1) is 12.8. The first-order valence-electron chi connectivity index (χ1n) is 7.78. The van der Waals surface area contributed by atoms with Gasteiger partial charge in [-0.3, -0.25) is 19.0 Å². The van der Waals surface area contributed by atoms with E-state index in [0.717, 1.165) is 13.8 Å². The highest BCUT2D eigenvalue weighted by Gasteiger charge is 2.48. The van der Waals surface area contributed by atoms with Crippen LogP contribution in [-0.2, 0) is 33.3 Å². The van der Waals surface area contributed by atoms with Crippen molar-refractivity contribution in [3.05, 3.63) is 17.7 Å². The molecular weight excluding hydrogens is 360 g/mol. The van der Waals surface area contributed by atoms with Crippen LogP contribution in [0.5, 0.6) is 0 Å². The maximum absolute atomic E-state index is 11.6. The minimum atomic E-state index is -1.25. The number of ether oxygens (including phenoxy) is 4. The molecule has 11 heteroatoms. The summed E-state index contributed by atoms with van der Waals surface area (Å²) in [5, 5.41) is 18.4. The summed E-state index contributed by atoms with van der Waals surface area (Å²) in [5.41, 5.74) is -0.263. The Morgan fingerprint density at radius 2 is 1.67 bits per heavy atom. The third kappa shape index (κ3) is 4.40. The van der Waals surface area contributed by atoms with Gasteiger partial charge in [0.1, 0.15) is 12.1 Å². The predicted molar refractivity (Wildman–Crippen MR) is 83.3 cm³/mol. The SMILES string of the molecule is CC(=O)O[C@@H]1[C@H](OC(C)=O)[C@H](OC(C)=O)CO[C@H]1n1cnc(C#N)c1C#N. The number of carbonyl (C=O) groups excluding carboxylic acids is 3. The smallest absolute Gasteiger partial charge is 0.303 e. The standard InChI is InChI=1S/C16H16N4O7/c1-8(21)25-13-6-24-16(20-7-19-11(4-17)12(20)5-18)15(27-10(3)23)14(13)26-9(2)22/h7,13-16H,6H2,1-3H3/t13-,14-,15-,16-/m1/s1. The van der Waals surface area contributed by atoms with E-state index >= 15 is 0 Å². The summed E-state index contributed by atoms with van der Waals surface area (Å²) in [7, 11) is 0. The van der Waals surface area contributed by atoms with Crippen molar-refractivity contribution in [2.75, 3.05) is 6.61 Å². The van der Waals surface area contributed by atoms with Gasteiger partial charge in [0.2, 0.25) is 0 Å². The molecule has 0 N–H and O–H groups in total. The van der Waals surface area contributed by atoms with E-state index in [2.05, 4.69) is 4.98 Å². The maximum Gasteiger partial charge on any atom is 0.303 e. The van der Waals surface area contributed by atoms with Crippen LogP contribution in [0, 0.1) is 22.7 Å². The van der Waals surface area contributed by atoms with Crippen LogP contribution in [0.15, 0.2) is 6.33 Å². The second-order valence-corrected chi connectivity index (χ2v) is 5.59. The lowest BCUT2D eigenvalue weighted by atomic mass is 10.0. The molecule has 142 valence electrons. The highest BCUT2D eigenvalue weighted by Crippen LogP contribution is 2.32. The number of carbonyl (C=O) groups is 3. The Morgan fingerprint density at radius 3 is 2.19 bits per heavy atom. The second kappa shape index (κ2) is 8.29. The highest BCUT2D eigenvalue weighted by molar-refractivity contribution is 5.68. The Kier molecular flexibility index (Phi) is 6.11. The summed E-state index contributed by atoms with van der Waals surface area (Å²) < 4.78 is 22.4. The van der Waals surface area contributed by atoms with Gasteiger partial charge >= 0.3 is 17.9 Å². The Morgan fingerprint density at radius 1 is 1.07 bits per heavy atom. The van der Waals surface area contributed by atoms with Crippen molar-refractivity contribution in [1.29, 1.82) is 10.5 Å². The van der Waals surface area contributed by atoms with Gasteiger partial charge in [0.05, 0.1) is 12.9 Å². The molecular formula is C16H16N4O7. The molecule has 0 aromatic carbocycles. The molecule has 1 aromatic heterocycles. The molecule has 0 aliphatic carbocycles. The number of rotatable bonds is 4. The number of nitriles is 2. The quantitative estimate of drug-likeness (QED) is 0.516. The van der Waals surface area contributed by atoms with Crippen LogP contribution in [0.3, 0.4) is 0 Å². The molecule has 4 atom stereocenters. The van der Waals surface area contributed by atoms with Crippen molar-refractivity contribution < 1.29 is 33.3 Å². The fraction of sp³-hybridized carbons (Fsp3) is 0.500. The maximum atomic E-state index is 11.6. The van der Waals surface area contributed by atoms with Crippen molar-refractivity contribution in [3.63, 3.8) is 0 Å². The molecule has 0 radical (unpaired) electrons. The molecule has 0 unspecified atom stereocenters. The Labute approximate surface area is 154 Å². The van der Waals surface area contributed by atoms with Crippen molar-refractivity contribution in [2.45, 2.75) is 45.3 Å². The van der Waals surface area contributed by atoms with Gasteiger partial charge in [-0.1, -0.05) is 0 Å². The van der Waals surface area contributed by atoms with E-state index in [1.807, 2.05) is 6.07 Å². The van der Waals surface area contributed by atoms with E-state index in [-0.39, 0.29) is 18.0 Å². The molecule has 2 rings (SSSR count). The van der Waals surface area contributed by atoms with E-state index in [1.165, 1.54) is 17.8 Å². The normalized spacial score (nSPS) is 24.2. The topological polar surface area (TPSA) is 154 Å². The van der Waals surface area contributed by atoms with Gasteiger partial charge in [0, 0.05) is 20.8 Å². The van der Waals surface area contributed by atoms with E-state index in [4.69, 9.17) is 24.2 Å². The van der Waals surface area contributed by atoms with E-state index in [9.17, 15) is 19.6 Å². The van der Waals surface area contributed by atoms with Crippen LogP contribution in [0.25, 0.3) is 0 Å². The van der Waals surface area contributed by atoms with E-state index in [1.54, 1.807) is 6.07 Å². The molecule has 1 aromatic rings. The van der Waals surface area contributed by atoms with Crippen molar-refractivity contribution in [2.24, 2.45) is 0 Å². The van der Waals surface area contributed by atoms with Gasteiger partial charge in [-0.05, 0) is 0 Å². The van der Waals surface area contributed by atoms with Gasteiger partial charge in [-0.2, -0.15) is 10.5 Å². The summed E-state index contributed by atoms with van der Waals surface area (Å²) in [4.78, 5) is 38.3. The number of imidazole rings is 1. The molecule has 27 heavy (non-hydrogen) atoms. The molecule has 0 saturated carbocycles. The lowest BCUT2D eigenvalue weighted by Gasteiger charge is -2.40.